The van der Waals surface area contributed by atoms with Gasteiger partial charge in [-0.25, -0.2) is 0 Å². The summed E-state index contributed by atoms with van der Waals surface area (Å²) in [5.74, 6) is -0.476. The monoisotopic (exact) mass is 304 g/mol. The minimum absolute atomic E-state index is 0.173. The molecule has 1 unspecified atom stereocenters. The third-order valence-electron chi connectivity index (χ3n) is 2.73. The number of hydrogen-bond acceptors (Lipinski definition) is 2. The predicted octanol–water partition coefficient (Wildman–Crippen LogP) is 3.99. The van der Waals surface area contributed by atoms with Crippen LogP contribution in [-0.4, -0.2) is 5.91 Å². The van der Waals surface area contributed by atoms with Gasteiger partial charge in [-0.3, -0.25) is 4.79 Å². The van der Waals surface area contributed by atoms with Crippen LogP contribution in [0.2, 0.25) is 10.0 Å². The molecule has 0 aliphatic carbocycles. The number of benzene rings is 2. The van der Waals surface area contributed by atoms with Crippen LogP contribution >= 0.6 is 23.2 Å². The molecule has 0 aliphatic heterocycles. The van der Waals surface area contributed by atoms with Crippen molar-refractivity contribution in [3.63, 3.8) is 0 Å². The van der Waals surface area contributed by atoms with Gasteiger partial charge in [-0.2, -0.15) is 5.26 Å². The smallest absolute Gasteiger partial charge is 0.255 e. The fraction of sp³-hybridized carbons (Fsp3) is 0.0667. The van der Waals surface area contributed by atoms with Crippen molar-refractivity contribution in [3.05, 3.63) is 69.7 Å². The Kier molecular flexibility index (Phi) is 4.62. The van der Waals surface area contributed by atoms with Gasteiger partial charge in [0.05, 0.1) is 21.7 Å². The Bertz CT molecular complexity index is 645. The molecule has 0 radical (unpaired) electrons. The van der Waals surface area contributed by atoms with Gasteiger partial charge in [-0.1, -0.05) is 59.6 Å². The van der Waals surface area contributed by atoms with Crippen molar-refractivity contribution < 1.29 is 4.79 Å². The van der Waals surface area contributed by atoms with Crippen LogP contribution < -0.4 is 5.32 Å². The van der Waals surface area contributed by atoms with Crippen molar-refractivity contribution in [1.82, 2.24) is 5.32 Å². The van der Waals surface area contributed by atoms with Crippen LogP contribution in [0.25, 0.3) is 0 Å². The Hall–Kier alpha value is -2.02. The Morgan fingerprint density at radius 1 is 1.05 bits per heavy atom. The Morgan fingerprint density at radius 3 is 2.20 bits per heavy atom. The van der Waals surface area contributed by atoms with E-state index in [0.717, 1.165) is 0 Å². The normalized spacial score (nSPS) is 11.4. The van der Waals surface area contributed by atoms with Crippen LogP contribution in [0.5, 0.6) is 0 Å². The number of nitrogens with zero attached hydrogens (tertiary/aromatic N) is 1. The second kappa shape index (κ2) is 6.42. The highest BCUT2D eigenvalue weighted by molar-refractivity contribution is 6.39. The van der Waals surface area contributed by atoms with Gasteiger partial charge < -0.3 is 5.32 Å². The summed E-state index contributed by atoms with van der Waals surface area (Å²) in [5, 5.41) is 12.3. The minimum atomic E-state index is -0.754. The molecule has 0 spiro atoms. The van der Waals surface area contributed by atoms with E-state index in [1.807, 2.05) is 12.1 Å². The standard InChI is InChI=1S/C15H10Cl2N2O/c16-11-7-4-8-12(17)14(11)15(20)19-13(9-18)10-5-2-1-3-6-10/h1-8,13H,(H,19,20). The molecule has 0 fully saturated rings. The SMILES string of the molecule is N#CC(NC(=O)c1c(Cl)cccc1Cl)c1ccccc1. The quantitative estimate of drug-likeness (QED) is 0.932. The maximum absolute atomic E-state index is 12.2. The van der Waals surface area contributed by atoms with Gasteiger partial charge in [0, 0.05) is 0 Å². The van der Waals surface area contributed by atoms with Crippen LogP contribution in [0.4, 0.5) is 0 Å². The second-order valence-electron chi connectivity index (χ2n) is 4.04. The lowest BCUT2D eigenvalue weighted by atomic mass is 10.1. The molecule has 1 N–H and O–H groups in total. The molecule has 20 heavy (non-hydrogen) atoms. The number of nitriles is 1. The molecule has 0 heterocycles. The average molecular weight is 305 g/mol. The Labute approximate surface area is 126 Å². The molecule has 0 bridgehead atoms. The largest absolute Gasteiger partial charge is 0.332 e. The number of rotatable bonds is 3. The fourth-order valence-electron chi connectivity index (χ4n) is 1.75. The molecule has 3 nitrogen and oxygen atoms in total. The van der Waals surface area contributed by atoms with Crippen LogP contribution in [0.15, 0.2) is 48.5 Å². The zero-order valence-electron chi connectivity index (χ0n) is 10.3. The molecule has 0 saturated carbocycles. The second-order valence-corrected chi connectivity index (χ2v) is 4.86. The van der Waals surface area contributed by atoms with Crippen LogP contribution in [0.1, 0.15) is 22.0 Å². The summed E-state index contributed by atoms with van der Waals surface area (Å²) in [7, 11) is 0. The topological polar surface area (TPSA) is 52.9 Å². The molecule has 100 valence electrons. The summed E-state index contributed by atoms with van der Waals surface area (Å²) in [5.41, 5.74) is 0.874. The number of halogens is 2. The number of carbonyl (C=O) groups excluding carboxylic acids is 1. The summed E-state index contributed by atoms with van der Waals surface area (Å²) in [6, 6.07) is 15.1. The van der Waals surface area contributed by atoms with Crippen LogP contribution in [-0.2, 0) is 0 Å². The first-order chi connectivity index (χ1) is 9.63. The lowest BCUT2D eigenvalue weighted by molar-refractivity contribution is 0.0945. The number of hydrogen-bond donors (Lipinski definition) is 1. The highest BCUT2D eigenvalue weighted by atomic mass is 35.5. The molecule has 0 saturated heterocycles. The number of nitrogens with one attached hydrogen (secondary N) is 1. The van der Waals surface area contributed by atoms with Crippen molar-refractivity contribution >= 4 is 29.1 Å². The third kappa shape index (κ3) is 3.11. The van der Waals surface area contributed by atoms with Gasteiger partial charge in [0.15, 0.2) is 0 Å². The maximum atomic E-state index is 12.2. The summed E-state index contributed by atoms with van der Waals surface area (Å²) in [6.07, 6.45) is 0. The molecule has 2 aromatic carbocycles. The Morgan fingerprint density at radius 2 is 1.65 bits per heavy atom. The summed E-state index contributed by atoms with van der Waals surface area (Å²) >= 11 is 11.9. The van der Waals surface area contributed by atoms with E-state index in [4.69, 9.17) is 23.2 Å². The molecule has 2 rings (SSSR count). The van der Waals surface area contributed by atoms with Gasteiger partial charge >= 0.3 is 0 Å². The minimum Gasteiger partial charge on any atom is -0.332 e. The zero-order valence-corrected chi connectivity index (χ0v) is 11.8. The molecular weight excluding hydrogens is 295 g/mol. The van der Waals surface area contributed by atoms with E-state index in [0.29, 0.717) is 5.56 Å². The molecular formula is C15H10Cl2N2O. The number of carbonyl (C=O) groups is 1. The van der Waals surface area contributed by atoms with Crippen LogP contribution in [0.3, 0.4) is 0 Å². The summed E-state index contributed by atoms with van der Waals surface area (Å²) in [4.78, 5) is 12.2. The molecule has 5 heteroatoms. The van der Waals surface area contributed by atoms with Crippen molar-refractivity contribution in [2.75, 3.05) is 0 Å². The third-order valence-corrected chi connectivity index (χ3v) is 3.36. The Balaban J connectivity index is 2.25. The average Bonchev–Trinajstić information content (AvgIpc) is 2.45. The summed E-state index contributed by atoms with van der Waals surface area (Å²) in [6.45, 7) is 0. The molecule has 1 atom stereocenters. The molecule has 0 aliphatic rings. The molecule has 1 amide bonds. The van der Waals surface area contributed by atoms with E-state index in [1.54, 1.807) is 42.5 Å². The van der Waals surface area contributed by atoms with E-state index >= 15 is 0 Å². The predicted molar refractivity (Wildman–Crippen MR) is 78.7 cm³/mol. The first-order valence-corrected chi connectivity index (χ1v) is 6.58. The van der Waals surface area contributed by atoms with E-state index in [-0.39, 0.29) is 15.6 Å². The van der Waals surface area contributed by atoms with Crippen molar-refractivity contribution in [1.29, 1.82) is 5.26 Å². The van der Waals surface area contributed by atoms with Crippen molar-refractivity contribution in [2.24, 2.45) is 0 Å². The van der Waals surface area contributed by atoms with Gasteiger partial charge in [0.2, 0.25) is 0 Å². The van der Waals surface area contributed by atoms with E-state index in [1.165, 1.54) is 0 Å². The van der Waals surface area contributed by atoms with E-state index in [2.05, 4.69) is 5.32 Å². The van der Waals surface area contributed by atoms with Gasteiger partial charge in [-0.05, 0) is 17.7 Å². The van der Waals surface area contributed by atoms with Gasteiger partial charge in [0.1, 0.15) is 6.04 Å². The highest BCUT2D eigenvalue weighted by Crippen LogP contribution is 2.25. The van der Waals surface area contributed by atoms with E-state index < -0.39 is 11.9 Å². The first kappa shape index (κ1) is 14.4. The zero-order chi connectivity index (χ0) is 14.5. The fourth-order valence-corrected chi connectivity index (χ4v) is 2.32. The first-order valence-electron chi connectivity index (χ1n) is 5.83. The van der Waals surface area contributed by atoms with Gasteiger partial charge in [0.25, 0.3) is 5.91 Å². The van der Waals surface area contributed by atoms with Crippen molar-refractivity contribution in [3.8, 4) is 6.07 Å². The summed E-state index contributed by atoms with van der Waals surface area (Å²) < 4.78 is 0. The molecule has 0 aromatic heterocycles. The molecule has 2 aromatic rings. The maximum Gasteiger partial charge on any atom is 0.255 e. The van der Waals surface area contributed by atoms with Crippen molar-refractivity contribution in [2.45, 2.75) is 6.04 Å². The highest BCUT2D eigenvalue weighted by Gasteiger charge is 2.19. The van der Waals surface area contributed by atoms with Crippen LogP contribution in [0, 0.1) is 11.3 Å². The number of amides is 1. The lowest BCUT2D eigenvalue weighted by Crippen LogP contribution is -2.28. The van der Waals surface area contributed by atoms with Gasteiger partial charge in [-0.15, -0.1) is 0 Å². The van der Waals surface area contributed by atoms with E-state index in [9.17, 15) is 10.1 Å². The lowest BCUT2D eigenvalue weighted by Gasteiger charge is -2.13.